The van der Waals surface area contributed by atoms with Crippen molar-refractivity contribution in [1.29, 1.82) is 0 Å². The smallest absolute Gasteiger partial charge is 0.338 e. The lowest BCUT2D eigenvalue weighted by atomic mass is 10.2. The molecule has 4 N–H and O–H groups in total. The third-order valence-corrected chi connectivity index (χ3v) is 2.12. The summed E-state index contributed by atoms with van der Waals surface area (Å²) in [6.07, 6.45) is 0. The van der Waals surface area contributed by atoms with Gasteiger partial charge in [0.1, 0.15) is 0 Å². The Morgan fingerprint density at radius 2 is 1.82 bits per heavy atom. The minimum atomic E-state index is -0.754. The first-order valence-electron chi connectivity index (χ1n) is 4.98. The van der Waals surface area contributed by atoms with Gasteiger partial charge in [-0.25, -0.2) is 4.79 Å². The van der Waals surface area contributed by atoms with Crippen molar-refractivity contribution < 1.29 is 30.0 Å². The number of phenols is 3. The van der Waals surface area contributed by atoms with Crippen LogP contribution in [0.4, 0.5) is 0 Å². The highest BCUT2D eigenvalue weighted by atomic mass is 16.5. The van der Waals surface area contributed by atoms with Crippen LogP contribution in [-0.2, 0) is 4.74 Å². The van der Waals surface area contributed by atoms with Gasteiger partial charge in [0.05, 0.1) is 12.2 Å². The Kier molecular flexibility index (Phi) is 4.17. The van der Waals surface area contributed by atoms with Crippen molar-refractivity contribution in [3.63, 3.8) is 0 Å². The van der Waals surface area contributed by atoms with E-state index in [2.05, 4.69) is 0 Å². The van der Waals surface area contributed by atoms with Crippen molar-refractivity contribution >= 4 is 5.97 Å². The Balaban J connectivity index is 2.76. The number of phenolic OH excluding ortho intramolecular Hbond substituents is 3. The lowest BCUT2D eigenvalue weighted by Gasteiger charge is -2.10. The molecule has 0 bridgehead atoms. The van der Waals surface area contributed by atoms with Gasteiger partial charge in [-0.2, -0.15) is 0 Å². The van der Waals surface area contributed by atoms with Crippen molar-refractivity contribution in [1.82, 2.24) is 0 Å². The van der Waals surface area contributed by atoms with Gasteiger partial charge in [-0.05, 0) is 12.1 Å². The fraction of sp³-hybridized carbons (Fsp3) is 0.364. The van der Waals surface area contributed by atoms with Crippen molar-refractivity contribution in [3.8, 4) is 17.2 Å². The third kappa shape index (κ3) is 3.25. The molecule has 1 atom stereocenters. The molecular weight excluding hydrogens is 228 g/mol. The molecule has 0 aliphatic rings. The Morgan fingerprint density at radius 1 is 1.29 bits per heavy atom. The van der Waals surface area contributed by atoms with Gasteiger partial charge in [-0.3, -0.25) is 0 Å². The Bertz CT molecular complexity index is 391. The molecule has 0 saturated carbocycles. The van der Waals surface area contributed by atoms with Crippen LogP contribution < -0.4 is 0 Å². The monoisotopic (exact) mass is 242 g/mol. The first-order chi connectivity index (χ1) is 7.95. The molecule has 6 heteroatoms. The van der Waals surface area contributed by atoms with Gasteiger partial charge in [0.2, 0.25) is 0 Å². The van der Waals surface area contributed by atoms with Crippen molar-refractivity contribution in [3.05, 3.63) is 17.7 Å². The molecular formula is C11H14O6. The molecule has 0 aliphatic carbocycles. The fourth-order valence-corrected chi connectivity index (χ4v) is 1.08. The normalized spacial score (nSPS) is 12.1. The highest BCUT2D eigenvalue weighted by Crippen LogP contribution is 2.35. The van der Waals surface area contributed by atoms with Crippen molar-refractivity contribution in [2.45, 2.75) is 6.92 Å². The molecule has 1 rings (SSSR count). The summed E-state index contributed by atoms with van der Waals surface area (Å²) in [4.78, 5) is 11.5. The molecule has 0 saturated heterocycles. The summed E-state index contributed by atoms with van der Waals surface area (Å²) in [5.74, 6) is -2.85. The number of hydrogen-bond acceptors (Lipinski definition) is 6. The molecule has 1 aromatic carbocycles. The quantitative estimate of drug-likeness (QED) is 0.454. The Morgan fingerprint density at radius 3 is 2.29 bits per heavy atom. The summed E-state index contributed by atoms with van der Waals surface area (Å²) in [5, 5.41) is 36.2. The number of aliphatic hydroxyl groups excluding tert-OH is 1. The van der Waals surface area contributed by atoms with Gasteiger partial charge in [0, 0.05) is 12.5 Å². The summed E-state index contributed by atoms with van der Waals surface area (Å²) in [5.41, 5.74) is -0.0806. The second kappa shape index (κ2) is 5.40. The minimum Gasteiger partial charge on any atom is -0.504 e. The van der Waals surface area contributed by atoms with E-state index in [-0.39, 0.29) is 24.7 Å². The maximum absolute atomic E-state index is 11.5. The van der Waals surface area contributed by atoms with E-state index in [0.717, 1.165) is 12.1 Å². The standard InChI is InChI=1S/C11H14O6/c1-6(4-12)5-17-11(16)7-2-8(13)10(15)9(14)3-7/h2-3,6,12-15H,4-5H2,1H3. The average Bonchev–Trinajstić information content (AvgIpc) is 2.31. The first kappa shape index (κ1) is 13.1. The lowest BCUT2D eigenvalue weighted by molar-refractivity contribution is 0.0404. The van der Waals surface area contributed by atoms with Crippen LogP contribution >= 0.6 is 0 Å². The fourth-order valence-electron chi connectivity index (χ4n) is 1.08. The maximum Gasteiger partial charge on any atom is 0.338 e. The van der Waals surface area contributed by atoms with E-state index in [1.165, 1.54) is 0 Å². The first-order valence-corrected chi connectivity index (χ1v) is 4.98. The number of carbonyl (C=O) groups is 1. The number of benzene rings is 1. The second-order valence-electron chi connectivity index (χ2n) is 3.75. The molecule has 0 radical (unpaired) electrons. The SMILES string of the molecule is CC(CO)COC(=O)c1cc(O)c(O)c(O)c1. The van der Waals surface area contributed by atoms with Gasteiger partial charge < -0.3 is 25.2 Å². The van der Waals surface area contributed by atoms with Gasteiger partial charge >= 0.3 is 5.97 Å². The van der Waals surface area contributed by atoms with E-state index >= 15 is 0 Å². The zero-order valence-corrected chi connectivity index (χ0v) is 9.25. The Hall–Kier alpha value is -1.95. The zero-order chi connectivity index (χ0) is 13.0. The van der Waals surface area contributed by atoms with Crippen LogP contribution in [0, 0.1) is 5.92 Å². The molecule has 0 aromatic heterocycles. The molecule has 94 valence electrons. The van der Waals surface area contributed by atoms with Crippen LogP contribution in [-0.4, -0.2) is 39.6 Å². The van der Waals surface area contributed by atoms with Crippen molar-refractivity contribution in [2.75, 3.05) is 13.2 Å². The van der Waals surface area contributed by atoms with Gasteiger partial charge in [-0.1, -0.05) is 6.92 Å². The summed E-state index contributed by atoms with van der Waals surface area (Å²) < 4.78 is 4.83. The predicted octanol–water partition coefficient (Wildman–Crippen LogP) is 0.589. The topological polar surface area (TPSA) is 107 Å². The number of carbonyl (C=O) groups excluding carboxylic acids is 1. The number of esters is 1. The van der Waals surface area contributed by atoms with Crippen LogP contribution in [0.3, 0.4) is 0 Å². The van der Waals surface area contributed by atoms with Crippen LogP contribution in [0.15, 0.2) is 12.1 Å². The van der Waals surface area contributed by atoms with E-state index in [9.17, 15) is 15.0 Å². The van der Waals surface area contributed by atoms with Gasteiger partial charge in [-0.15, -0.1) is 0 Å². The summed E-state index contributed by atoms with van der Waals surface area (Å²) >= 11 is 0. The van der Waals surface area contributed by atoms with E-state index in [1.54, 1.807) is 6.92 Å². The zero-order valence-electron chi connectivity index (χ0n) is 9.25. The molecule has 0 heterocycles. The number of ether oxygens (including phenoxy) is 1. The van der Waals surface area contributed by atoms with E-state index in [4.69, 9.17) is 14.9 Å². The van der Waals surface area contributed by atoms with E-state index < -0.39 is 23.2 Å². The second-order valence-corrected chi connectivity index (χ2v) is 3.75. The molecule has 0 aliphatic heterocycles. The van der Waals surface area contributed by atoms with Gasteiger partial charge in [0.15, 0.2) is 17.2 Å². The lowest BCUT2D eigenvalue weighted by Crippen LogP contribution is -2.14. The van der Waals surface area contributed by atoms with Crippen LogP contribution in [0.25, 0.3) is 0 Å². The summed E-state index contributed by atoms with van der Waals surface area (Å²) in [7, 11) is 0. The van der Waals surface area contributed by atoms with E-state index in [1.807, 2.05) is 0 Å². The molecule has 17 heavy (non-hydrogen) atoms. The largest absolute Gasteiger partial charge is 0.504 e. The minimum absolute atomic E-state index is 0.0255. The predicted molar refractivity (Wildman–Crippen MR) is 58.0 cm³/mol. The molecule has 1 aromatic rings. The van der Waals surface area contributed by atoms with Crippen LogP contribution in [0.5, 0.6) is 17.2 Å². The third-order valence-electron chi connectivity index (χ3n) is 2.12. The maximum atomic E-state index is 11.5. The number of rotatable bonds is 4. The number of aliphatic hydroxyl groups is 1. The number of aromatic hydroxyl groups is 3. The van der Waals surface area contributed by atoms with Crippen molar-refractivity contribution in [2.24, 2.45) is 5.92 Å². The van der Waals surface area contributed by atoms with Crippen LogP contribution in [0.1, 0.15) is 17.3 Å². The van der Waals surface area contributed by atoms with Crippen LogP contribution in [0.2, 0.25) is 0 Å². The Labute approximate surface area is 97.7 Å². The molecule has 1 unspecified atom stereocenters. The molecule has 6 nitrogen and oxygen atoms in total. The molecule has 0 spiro atoms. The summed E-state index contributed by atoms with van der Waals surface area (Å²) in [6.45, 7) is 1.61. The van der Waals surface area contributed by atoms with Gasteiger partial charge in [0.25, 0.3) is 0 Å². The number of hydrogen-bond donors (Lipinski definition) is 4. The average molecular weight is 242 g/mol. The highest BCUT2D eigenvalue weighted by Gasteiger charge is 2.15. The highest BCUT2D eigenvalue weighted by molar-refractivity contribution is 5.91. The summed E-state index contributed by atoms with van der Waals surface area (Å²) in [6, 6.07) is 1.97. The molecule has 0 amide bonds. The van der Waals surface area contributed by atoms with E-state index in [0.29, 0.717) is 0 Å². The molecule has 0 fully saturated rings.